The van der Waals surface area contributed by atoms with Gasteiger partial charge in [0, 0.05) is 13.0 Å². The lowest BCUT2D eigenvalue weighted by Gasteiger charge is -2.13. The van der Waals surface area contributed by atoms with Crippen LogP contribution in [0.15, 0.2) is 24.3 Å². The van der Waals surface area contributed by atoms with E-state index in [2.05, 4.69) is 12.2 Å². The van der Waals surface area contributed by atoms with E-state index in [4.69, 9.17) is 0 Å². The maximum Gasteiger partial charge on any atom is 0.220 e. The number of carbonyl (C=O) groups is 1. The molecule has 1 amide bonds. The van der Waals surface area contributed by atoms with Gasteiger partial charge in [0.2, 0.25) is 5.91 Å². The van der Waals surface area contributed by atoms with Gasteiger partial charge in [-0.25, -0.2) is 4.39 Å². The number of carbonyl (C=O) groups excluding carboxylic acids is 1. The molecule has 0 aliphatic heterocycles. The number of unbranched alkanes of at least 4 members (excludes halogenated alkanes) is 1. The van der Waals surface area contributed by atoms with Crippen molar-refractivity contribution in [3.05, 3.63) is 35.6 Å². The van der Waals surface area contributed by atoms with Crippen LogP contribution in [0.2, 0.25) is 0 Å². The van der Waals surface area contributed by atoms with Crippen LogP contribution in [0.1, 0.15) is 44.6 Å². The highest BCUT2D eigenvalue weighted by Crippen LogP contribution is 2.14. The Labute approximate surface area is 102 Å². The van der Waals surface area contributed by atoms with Gasteiger partial charge in [0.15, 0.2) is 0 Å². The minimum absolute atomic E-state index is 0.0980. The third-order valence-electron chi connectivity index (χ3n) is 2.80. The molecule has 0 saturated carbocycles. The molecule has 3 heteroatoms. The van der Waals surface area contributed by atoms with Crippen molar-refractivity contribution >= 4 is 5.91 Å². The van der Waals surface area contributed by atoms with E-state index in [1.807, 2.05) is 6.92 Å². The van der Waals surface area contributed by atoms with Gasteiger partial charge in [-0.1, -0.05) is 32.4 Å². The predicted octanol–water partition coefficient (Wildman–Crippen LogP) is 3.24. The quantitative estimate of drug-likeness (QED) is 0.808. The fourth-order valence-electron chi connectivity index (χ4n) is 1.60. The number of rotatable bonds is 6. The number of amides is 1. The van der Waals surface area contributed by atoms with Crippen LogP contribution in [0.25, 0.3) is 0 Å². The SMILES string of the molecule is CCCCC(=O)NCC(C)c1ccc(F)cc1. The molecule has 0 aliphatic rings. The summed E-state index contributed by atoms with van der Waals surface area (Å²) in [5, 5.41) is 2.90. The van der Waals surface area contributed by atoms with Crippen LogP contribution in [0.3, 0.4) is 0 Å². The lowest BCUT2D eigenvalue weighted by molar-refractivity contribution is -0.121. The van der Waals surface area contributed by atoms with E-state index in [0.29, 0.717) is 13.0 Å². The van der Waals surface area contributed by atoms with Gasteiger partial charge in [-0.3, -0.25) is 4.79 Å². The zero-order valence-corrected chi connectivity index (χ0v) is 10.5. The molecule has 0 heterocycles. The molecule has 0 aliphatic carbocycles. The first-order chi connectivity index (χ1) is 8.13. The second kappa shape index (κ2) is 7.05. The van der Waals surface area contributed by atoms with E-state index in [9.17, 15) is 9.18 Å². The molecule has 0 bridgehead atoms. The molecule has 1 aromatic rings. The Hall–Kier alpha value is -1.38. The summed E-state index contributed by atoms with van der Waals surface area (Å²) in [6, 6.07) is 6.42. The van der Waals surface area contributed by atoms with Gasteiger partial charge in [-0.05, 0) is 30.0 Å². The van der Waals surface area contributed by atoms with E-state index in [-0.39, 0.29) is 17.6 Å². The fraction of sp³-hybridized carbons (Fsp3) is 0.500. The second-order valence-corrected chi connectivity index (χ2v) is 4.36. The highest BCUT2D eigenvalue weighted by molar-refractivity contribution is 5.75. The smallest absolute Gasteiger partial charge is 0.220 e. The molecule has 1 aromatic carbocycles. The lowest BCUT2D eigenvalue weighted by Crippen LogP contribution is -2.27. The molecule has 0 aromatic heterocycles. The van der Waals surface area contributed by atoms with Crippen LogP contribution in [-0.2, 0) is 4.79 Å². The molecular formula is C14H20FNO. The van der Waals surface area contributed by atoms with Crippen molar-refractivity contribution in [1.29, 1.82) is 0 Å². The molecule has 0 spiro atoms. The molecule has 1 rings (SSSR count). The molecule has 0 radical (unpaired) electrons. The molecule has 2 nitrogen and oxygen atoms in total. The topological polar surface area (TPSA) is 29.1 Å². The number of halogens is 1. The van der Waals surface area contributed by atoms with Crippen molar-refractivity contribution in [3.8, 4) is 0 Å². The summed E-state index contributed by atoms with van der Waals surface area (Å²) in [5.41, 5.74) is 1.04. The van der Waals surface area contributed by atoms with Gasteiger partial charge < -0.3 is 5.32 Å². The number of hydrogen-bond donors (Lipinski definition) is 1. The van der Waals surface area contributed by atoms with Crippen LogP contribution >= 0.6 is 0 Å². The van der Waals surface area contributed by atoms with Gasteiger partial charge in [0.1, 0.15) is 5.82 Å². The molecular weight excluding hydrogens is 217 g/mol. The highest BCUT2D eigenvalue weighted by atomic mass is 19.1. The lowest BCUT2D eigenvalue weighted by atomic mass is 10.0. The van der Waals surface area contributed by atoms with Crippen molar-refractivity contribution in [2.75, 3.05) is 6.54 Å². The van der Waals surface area contributed by atoms with Crippen LogP contribution in [-0.4, -0.2) is 12.5 Å². The Morgan fingerprint density at radius 1 is 1.35 bits per heavy atom. The summed E-state index contributed by atoms with van der Waals surface area (Å²) < 4.78 is 12.7. The summed E-state index contributed by atoms with van der Waals surface area (Å²) >= 11 is 0. The Morgan fingerprint density at radius 2 is 2.00 bits per heavy atom. The summed E-state index contributed by atoms with van der Waals surface area (Å²) in [5.74, 6) is 0.0786. The molecule has 0 saturated heterocycles. The molecule has 1 N–H and O–H groups in total. The zero-order chi connectivity index (χ0) is 12.7. The summed E-state index contributed by atoms with van der Waals surface area (Å²) in [7, 11) is 0. The molecule has 1 atom stereocenters. The molecule has 1 unspecified atom stereocenters. The maximum atomic E-state index is 12.7. The van der Waals surface area contributed by atoms with E-state index < -0.39 is 0 Å². The van der Waals surface area contributed by atoms with Crippen LogP contribution in [0, 0.1) is 5.82 Å². The number of hydrogen-bond acceptors (Lipinski definition) is 1. The predicted molar refractivity (Wildman–Crippen MR) is 67.3 cm³/mol. The van der Waals surface area contributed by atoms with Gasteiger partial charge >= 0.3 is 0 Å². The largest absolute Gasteiger partial charge is 0.356 e. The summed E-state index contributed by atoms with van der Waals surface area (Å²) in [4.78, 5) is 11.4. The summed E-state index contributed by atoms with van der Waals surface area (Å²) in [6.45, 7) is 4.69. The summed E-state index contributed by atoms with van der Waals surface area (Å²) in [6.07, 6.45) is 2.55. The first kappa shape index (κ1) is 13.7. The first-order valence-electron chi connectivity index (χ1n) is 6.15. The van der Waals surface area contributed by atoms with Gasteiger partial charge in [-0.15, -0.1) is 0 Å². The average Bonchev–Trinajstić information content (AvgIpc) is 2.34. The third kappa shape index (κ3) is 4.98. The van der Waals surface area contributed by atoms with E-state index >= 15 is 0 Å². The van der Waals surface area contributed by atoms with E-state index in [1.54, 1.807) is 12.1 Å². The Balaban J connectivity index is 2.36. The van der Waals surface area contributed by atoms with Gasteiger partial charge in [0.05, 0.1) is 0 Å². The Bertz CT molecular complexity index is 348. The van der Waals surface area contributed by atoms with Crippen molar-refractivity contribution < 1.29 is 9.18 Å². The van der Waals surface area contributed by atoms with Crippen molar-refractivity contribution in [3.63, 3.8) is 0 Å². The van der Waals surface area contributed by atoms with Crippen molar-refractivity contribution in [2.45, 2.75) is 39.0 Å². The monoisotopic (exact) mass is 237 g/mol. The first-order valence-corrected chi connectivity index (χ1v) is 6.15. The van der Waals surface area contributed by atoms with Crippen LogP contribution in [0.4, 0.5) is 4.39 Å². The standard InChI is InChI=1S/C14H20FNO/c1-3-4-5-14(17)16-10-11(2)12-6-8-13(15)9-7-12/h6-9,11H,3-5,10H2,1-2H3,(H,16,17). The van der Waals surface area contributed by atoms with Crippen LogP contribution in [0.5, 0.6) is 0 Å². The minimum atomic E-state index is -0.229. The Morgan fingerprint density at radius 3 is 2.59 bits per heavy atom. The normalized spacial score (nSPS) is 12.2. The van der Waals surface area contributed by atoms with Crippen molar-refractivity contribution in [2.24, 2.45) is 0 Å². The number of benzene rings is 1. The minimum Gasteiger partial charge on any atom is -0.356 e. The van der Waals surface area contributed by atoms with E-state index in [0.717, 1.165) is 18.4 Å². The maximum absolute atomic E-state index is 12.7. The average molecular weight is 237 g/mol. The highest BCUT2D eigenvalue weighted by Gasteiger charge is 2.07. The van der Waals surface area contributed by atoms with Gasteiger partial charge in [0.25, 0.3) is 0 Å². The van der Waals surface area contributed by atoms with E-state index in [1.165, 1.54) is 12.1 Å². The number of nitrogens with one attached hydrogen (secondary N) is 1. The molecule has 17 heavy (non-hydrogen) atoms. The van der Waals surface area contributed by atoms with Crippen molar-refractivity contribution in [1.82, 2.24) is 5.32 Å². The molecule has 94 valence electrons. The zero-order valence-electron chi connectivity index (χ0n) is 10.5. The fourth-order valence-corrected chi connectivity index (χ4v) is 1.60. The van der Waals surface area contributed by atoms with Gasteiger partial charge in [-0.2, -0.15) is 0 Å². The third-order valence-corrected chi connectivity index (χ3v) is 2.80. The second-order valence-electron chi connectivity index (χ2n) is 4.36. The van der Waals surface area contributed by atoms with Crippen LogP contribution < -0.4 is 5.32 Å². The Kier molecular flexibility index (Phi) is 5.67. The molecule has 0 fully saturated rings.